The molecule has 0 atom stereocenters. The number of anilines is 1. The zero-order valence-corrected chi connectivity index (χ0v) is 11.8. The van der Waals surface area contributed by atoms with Gasteiger partial charge in [-0.2, -0.15) is 0 Å². The number of carbonyl (C=O) groups excluding carboxylic acids is 1. The van der Waals surface area contributed by atoms with Gasteiger partial charge < -0.3 is 10.2 Å². The fourth-order valence-electron chi connectivity index (χ4n) is 1.49. The summed E-state index contributed by atoms with van der Waals surface area (Å²) in [5.74, 6) is -0.330. The Morgan fingerprint density at radius 2 is 2.00 bits per heavy atom. The summed E-state index contributed by atoms with van der Waals surface area (Å²) >= 11 is 3.10. The van der Waals surface area contributed by atoms with Crippen LogP contribution in [-0.2, 0) is 0 Å². The van der Waals surface area contributed by atoms with Gasteiger partial charge in [0.15, 0.2) is 0 Å². The first-order valence-corrected chi connectivity index (χ1v) is 6.30. The van der Waals surface area contributed by atoms with Gasteiger partial charge in [0, 0.05) is 18.8 Å². The molecule has 0 saturated carbocycles. The number of urea groups is 1. The average Bonchev–Trinajstić information content (AvgIpc) is 2.27. The van der Waals surface area contributed by atoms with Crippen LogP contribution < -0.4 is 5.32 Å². The lowest BCUT2D eigenvalue weighted by molar-refractivity contribution is 0.217. The summed E-state index contributed by atoms with van der Waals surface area (Å²) in [5.41, 5.74) is 1.32. The lowest BCUT2D eigenvalue weighted by Crippen LogP contribution is -2.34. The smallest absolute Gasteiger partial charge is 0.321 e. The normalized spacial score (nSPS) is 10.2. The van der Waals surface area contributed by atoms with E-state index >= 15 is 0 Å². The first-order chi connectivity index (χ1) is 7.99. The first-order valence-electron chi connectivity index (χ1n) is 5.51. The molecule has 0 aromatic heterocycles. The maximum atomic E-state index is 13.2. The van der Waals surface area contributed by atoms with Crippen LogP contribution in [-0.4, -0.2) is 24.0 Å². The van der Waals surface area contributed by atoms with E-state index in [1.807, 2.05) is 13.8 Å². The number of hydrogen-bond donors (Lipinski definition) is 1. The van der Waals surface area contributed by atoms with Crippen molar-refractivity contribution in [2.45, 2.75) is 20.8 Å². The number of nitrogens with zero attached hydrogens (tertiary/aromatic N) is 1. The third kappa shape index (κ3) is 3.43. The van der Waals surface area contributed by atoms with Crippen molar-refractivity contribution in [3.05, 3.63) is 28.0 Å². The fraction of sp³-hybridized carbons (Fsp3) is 0.417. The van der Waals surface area contributed by atoms with Crippen LogP contribution in [0.15, 0.2) is 16.6 Å². The summed E-state index contributed by atoms with van der Waals surface area (Å²) in [6, 6.07) is 2.80. The van der Waals surface area contributed by atoms with E-state index in [4.69, 9.17) is 0 Å². The molecule has 0 heterocycles. The second-order valence-electron chi connectivity index (χ2n) is 3.68. The zero-order chi connectivity index (χ0) is 13.0. The van der Waals surface area contributed by atoms with E-state index in [2.05, 4.69) is 21.2 Å². The molecule has 1 aromatic rings. The molecule has 0 spiro atoms. The second kappa shape index (κ2) is 6.00. The molecule has 94 valence electrons. The Kier molecular flexibility index (Phi) is 4.93. The standard InChI is InChI=1S/C12H16BrFN2O/c1-4-16(5-2)12(17)15-11-7-9(13)10(14)6-8(11)3/h6-7H,4-5H2,1-3H3,(H,15,17). The van der Waals surface area contributed by atoms with Crippen molar-refractivity contribution in [1.82, 2.24) is 4.90 Å². The highest BCUT2D eigenvalue weighted by Gasteiger charge is 2.12. The van der Waals surface area contributed by atoms with Crippen molar-refractivity contribution in [2.24, 2.45) is 0 Å². The van der Waals surface area contributed by atoms with Gasteiger partial charge in [-0.3, -0.25) is 0 Å². The lowest BCUT2D eigenvalue weighted by atomic mass is 10.2. The third-order valence-corrected chi connectivity index (χ3v) is 3.17. The monoisotopic (exact) mass is 302 g/mol. The summed E-state index contributed by atoms with van der Waals surface area (Å²) in [6.45, 7) is 6.87. The quantitative estimate of drug-likeness (QED) is 0.905. The number of nitrogens with one attached hydrogen (secondary N) is 1. The molecule has 1 rings (SSSR count). The Hall–Kier alpha value is -1.10. The van der Waals surface area contributed by atoms with Crippen LogP contribution in [0, 0.1) is 12.7 Å². The predicted octanol–water partition coefficient (Wildman–Crippen LogP) is 3.77. The van der Waals surface area contributed by atoms with E-state index in [0.29, 0.717) is 28.8 Å². The summed E-state index contributed by atoms with van der Waals surface area (Å²) in [6.07, 6.45) is 0. The van der Waals surface area contributed by atoms with Crippen LogP contribution in [0.2, 0.25) is 0 Å². The van der Waals surface area contributed by atoms with Gasteiger partial charge in [0.25, 0.3) is 0 Å². The molecule has 5 heteroatoms. The number of hydrogen-bond acceptors (Lipinski definition) is 1. The zero-order valence-electron chi connectivity index (χ0n) is 10.2. The molecular weight excluding hydrogens is 287 g/mol. The van der Waals surface area contributed by atoms with Crippen LogP contribution in [0.4, 0.5) is 14.9 Å². The highest BCUT2D eigenvalue weighted by molar-refractivity contribution is 9.10. The minimum absolute atomic E-state index is 0.170. The van der Waals surface area contributed by atoms with E-state index in [0.717, 1.165) is 0 Å². The Balaban J connectivity index is 2.88. The molecule has 1 aromatic carbocycles. The van der Waals surface area contributed by atoms with Crippen molar-refractivity contribution in [1.29, 1.82) is 0 Å². The number of carbonyl (C=O) groups is 1. The SMILES string of the molecule is CCN(CC)C(=O)Nc1cc(Br)c(F)cc1C. The van der Waals surface area contributed by atoms with Crippen LogP contribution in [0.3, 0.4) is 0 Å². The van der Waals surface area contributed by atoms with Gasteiger partial charge in [-0.15, -0.1) is 0 Å². The van der Waals surface area contributed by atoms with E-state index < -0.39 is 0 Å². The molecule has 0 aliphatic heterocycles. The maximum absolute atomic E-state index is 13.2. The molecule has 0 unspecified atom stereocenters. The van der Waals surface area contributed by atoms with Gasteiger partial charge in [0.2, 0.25) is 0 Å². The number of amides is 2. The van der Waals surface area contributed by atoms with E-state index in [1.165, 1.54) is 6.07 Å². The number of rotatable bonds is 3. The predicted molar refractivity (Wildman–Crippen MR) is 70.8 cm³/mol. The molecule has 0 aliphatic rings. The first kappa shape index (κ1) is 14.0. The highest BCUT2D eigenvalue weighted by Crippen LogP contribution is 2.24. The van der Waals surface area contributed by atoms with E-state index in [1.54, 1.807) is 17.9 Å². The van der Waals surface area contributed by atoms with Crippen LogP contribution >= 0.6 is 15.9 Å². The van der Waals surface area contributed by atoms with Crippen molar-refractivity contribution in [2.75, 3.05) is 18.4 Å². The van der Waals surface area contributed by atoms with Gasteiger partial charge in [0.05, 0.1) is 4.47 Å². The van der Waals surface area contributed by atoms with Crippen LogP contribution in [0.5, 0.6) is 0 Å². The second-order valence-corrected chi connectivity index (χ2v) is 4.54. The minimum atomic E-state index is -0.330. The molecule has 17 heavy (non-hydrogen) atoms. The van der Waals surface area contributed by atoms with Crippen molar-refractivity contribution in [3.63, 3.8) is 0 Å². The van der Waals surface area contributed by atoms with Crippen LogP contribution in [0.25, 0.3) is 0 Å². The van der Waals surface area contributed by atoms with Crippen molar-refractivity contribution in [3.8, 4) is 0 Å². The Bertz CT molecular complexity index is 419. The summed E-state index contributed by atoms with van der Waals surface area (Å²) in [4.78, 5) is 13.5. The molecule has 1 N–H and O–H groups in total. The van der Waals surface area contributed by atoms with Crippen molar-refractivity contribution >= 4 is 27.6 Å². The largest absolute Gasteiger partial charge is 0.325 e. The summed E-state index contributed by atoms with van der Waals surface area (Å²) < 4.78 is 13.6. The van der Waals surface area contributed by atoms with Crippen molar-refractivity contribution < 1.29 is 9.18 Å². The van der Waals surface area contributed by atoms with Gasteiger partial charge >= 0.3 is 6.03 Å². The number of benzene rings is 1. The van der Waals surface area contributed by atoms with Gasteiger partial charge in [0.1, 0.15) is 5.82 Å². The summed E-state index contributed by atoms with van der Waals surface area (Å²) in [7, 11) is 0. The van der Waals surface area contributed by atoms with Gasteiger partial charge in [-0.05, 0) is 54.4 Å². The number of aryl methyl sites for hydroxylation is 1. The minimum Gasteiger partial charge on any atom is -0.325 e. The summed E-state index contributed by atoms with van der Waals surface area (Å²) in [5, 5.41) is 2.77. The molecule has 3 nitrogen and oxygen atoms in total. The molecule has 2 amide bonds. The lowest BCUT2D eigenvalue weighted by Gasteiger charge is -2.20. The topological polar surface area (TPSA) is 32.3 Å². The Morgan fingerprint density at radius 1 is 1.41 bits per heavy atom. The third-order valence-electron chi connectivity index (χ3n) is 2.56. The molecule has 0 radical (unpaired) electrons. The highest BCUT2D eigenvalue weighted by atomic mass is 79.9. The fourth-order valence-corrected chi connectivity index (χ4v) is 1.83. The Labute approximate surface area is 109 Å². The van der Waals surface area contributed by atoms with Gasteiger partial charge in [-0.1, -0.05) is 0 Å². The van der Waals surface area contributed by atoms with E-state index in [9.17, 15) is 9.18 Å². The van der Waals surface area contributed by atoms with Crippen LogP contribution in [0.1, 0.15) is 19.4 Å². The molecule has 0 aliphatic carbocycles. The number of halogens is 2. The van der Waals surface area contributed by atoms with E-state index in [-0.39, 0.29) is 11.8 Å². The molecule has 0 fully saturated rings. The molecule has 0 saturated heterocycles. The molecule has 0 bridgehead atoms. The Morgan fingerprint density at radius 3 is 2.53 bits per heavy atom. The van der Waals surface area contributed by atoms with Gasteiger partial charge in [-0.25, -0.2) is 9.18 Å². The maximum Gasteiger partial charge on any atom is 0.321 e. The average molecular weight is 303 g/mol. The molecular formula is C12H16BrFN2O.